The Morgan fingerprint density at radius 2 is 1.70 bits per heavy atom. The molecule has 5 atom stereocenters. The molecule has 4 heterocycles. The molecule has 47 heavy (non-hydrogen) atoms. The Hall–Kier alpha value is -4.55. The Morgan fingerprint density at radius 1 is 1.02 bits per heavy atom. The number of primary amides is 1. The highest BCUT2D eigenvalue weighted by atomic mass is 16.8. The summed E-state index contributed by atoms with van der Waals surface area (Å²) in [7, 11) is 0. The zero-order valence-electron chi connectivity index (χ0n) is 26.9. The molecular weight excluding hydrogens is 596 g/mol. The molecule has 4 aromatic rings. The monoisotopic (exact) mass is 637 g/mol. The minimum atomic E-state index is -0.809. The Bertz CT molecular complexity index is 1710. The highest BCUT2D eigenvalue weighted by Gasteiger charge is 2.55. The van der Waals surface area contributed by atoms with Gasteiger partial charge in [-0.25, -0.2) is 4.98 Å². The van der Waals surface area contributed by atoms with Crippen LogP contribution in [0.15, 0.2) is 67.0 Å². The zero-order chi connectivity index (χ0) is 32.7. The molecule has 12 nitrogen and oxygen atoms in total. The molecule has 7 rings (SSSR count). The molecule has 2 aromatic heterocycles. The summed E-state index contributed by atoms with van der Waals surface area (Å²) >= 11 is 0. The number of benzene rings is 2. The lowest BCUT2D eigenvalue weighted by Crippen LogP contribution is -2.42. The van der Waals surface area contributed by atoms with E-state index in [-0.39, 0.29) is 36.1 Å². The minimum Gasteiger partial charge on any atom is -0.368 e. The molecule has 1 radical (unpaired) electrons. The molecular formula is C35H41N8O4. The third-order valence-corrected chi connectivity index (χ3v) is 9.39. The number of amides is 2. The molecule has 0 spiro atoms. The van der Waals surface area contributed by atoms with Gasteiger partial charge in [0, 0.05) is 25.4 Å². The van der Waals surface area contributed by atoms with Crippen molar-refractivity contribution in [2.24, 2.45) is 5.73 Å². The first-order chi connectivity index (χ1) is 22.7. The van der Waals surface area contributed by atoms with Crippen LogP contribution in [0.2, 0.25) is 0 Å². The van der Waals surface area contributed by atoms with Crippen LogP contribution < -0.4 is 21.3 Å². The van der Waals surface area contributed by atoms with Crippen LogP contribution in [0.25, 0.3) is 11.2 Å². The minimum absolute atomic E-state index is 0.0382. The molecule has 1 saturated carbocycles. The first kappa shape index (κ1) is 31.1. The van der Waals surface area contributed by atoms with Gasteiger partial charge in [-0.2, -0.15) is 9.97 Å². The smallest absolute Gasteiger partial charge is 0.240 e. The fourth-order valence-electron chi connectivity index (χ4n) is 7.21. The van der Waals surface area contributed by atoms with Gasteiger partial charge in [-0.3, -0.25) is 9.59 Å². The molecule has 0 bridgehead atoms. The highest BCUT2D eigenvalue weighted by molar-refractivity contribution is 5.88. The number of rotatable bonds is 10. The maximum atomic E-state index is 12.5. The molecule has 12 heteroatoms. The first-order valence-corrected chi connectivity index (χ1v) is 16.3. The number of fused-ring (bicyclic) bond motifs is 2. The van der Waals surface area contributed by atoms with Gasteiger partial charge in [0.05, 0.1) is 18.4 Å². The molecule has 2 aromatic carbocycles. The van der Waals surface area contributed by atoms with E-state index in [9.17, 15) is 9.59 Å². The summed E-state index contributed by atoms with van der Waals surface area (Å²) in [6, 6.07) is 19.6. The standard InChI is InChI=1S/C35H41N8O4/c1-4-27(44)39-24-18-26(30-29(24)46-35(2,3)47-30)43-20-38-28-32(40-34(41-33(28)43)42-17-11-16-25(42)31(36)45)37-19-23(21-12-7-5-8-13-21)22-14-9-6-10-15-22/h5-10,12-16,20,23-26,29-30H,4,11,17-19H2,1-3H3,(H2,36,45)(H,39,44)(H,37,40,41)/t24-,25+,26+,29+,30-/m0/s1. The largest absolute Gasteiger partial charge is 0.368 e. The van der Waals surface area contributed by atoms with Gasteiger partial charge in [0.1, 0.15) is 18.2 Å². The number of anilines is 2. The lowest BCUT2D eigenvalue weighted by atomic mass is 9.91. The number of carbonyl (C=O) groups excluding carboxylic acids is 2. The number of hydrogen-bond acceptors (Lipinski definition) is 9. The van der Waals surface area contributed by atoms with Gasteiger partial charge in [-0.1, -0.05) is 67.6 Å². The van der Waals surface area contributed by atoms with Gasteiger partial charge in [-0.05, 0) is 44.2 Å². The van der Waals surface area contributed by atoms with Crippen LogP contribution in [0.5, 0.6) is 0 Å². The predicted octanol–water partition coefficient (Wildman–Crippen LogP) is 3.70. The van der Waals surface area contributed by atoms with Crippen molar-refractivity contribution in [1.29, 1.82) is 0 Å². The van der Waals surface area contributed by atoms with Gasteiger partial charge >= 0.3 is 0 Å². The first-order valence-electron chi connectivity index (χ1n) is 16.3. The number of nitrogens with zero attached hydrogens (tertiary/aromatic N) is 5. The molecule has 2 saturated heterocycles. The third kappa shape index (κ3) is 6.03. The van der Waals surface area contributed by atoms with Crippen LogP contribution >= 0.6 is 0 Å². The number of nitrogens with one attached hydrogen (secondary N) is 2. The Morgan fingerprint density at radius 3 is 2.36 bits per heavy atom. The van der Waals surface area contributed by atoms with Crippen molar-refractivity contribution < 1.29 is 19.1 Å². The summed E-state index contributed by atoms with van der Waals surface area (Å²) in [4.78, 5) is 41.5. The van der Waals surface area contributed by atoms with Crippen molar-refractivity contribution in [3.05, 3.63) is 84.5 Å². The van der Waals surface area contributed by atoms with Crippen LogP contribution in [0.4, 0.5) is 11.8 Å². The number of carbonyl (C=O) groups is 2. The van der Waals surface area contributed by atoms with Crippen molar-refractivity contribution in [2.45, 2.75) is 82.1 Å². The Balaban J connectivity index is 1.29. The van der Waals surface area contributed by atoms with E-state index in [1.165, 1.54) is 11.1 Å². The summed E-state index contributed by atoms with van der Waals surface area (Å²) in [6.07, 6.45) is 4.65. The van der Waals surface area contributed by atoms with Crippen LogP contribution in [0.1, 0.15) is 63.1 Å². The van der Waals surface area contributed by atoms with E-state index >= 15 is 0 Å². The van der Waals surface area contributed by atoms with Crippen molar-refractivity contribution >= 4 is 34.7 Å². The lowest BCUT2D eigenvalue weighted by molar-refractivity contribution is -0.158. The van der Waals surface area contributed by atoms with Crippen LogP contribution in [0.3, 0.4) is 0 Å². The number of ether oxygens (including phenoxy) is 2. The third-order valence-electron chi connectivity index (χ3n) is 9.39. The van der Waals surface area contributed by atoms with Gasteiger partial charge in [-0.15, -0.1) is 0 Å². The summed E-state index contributed by atoms with van der Waals surface area (Å²) < 4.78 is 14.8. The topological polar surface area (TPSA) is 150 Å². The number of imidazole rings is 1. The predicted molar refractivity (Wildman–Crippen MR) is 177 cm³/mol. The fraction of sp³-hybridized carbons (Fsp3) is 0.429. The van der Waals surface area contributed by atoms with Crippen molar-refractivity contribution in [3.63, 3.8) is 0 Å². The van der Waals surface area contributed by atoms with Gasteiger partial charge < -0.3 is 35.3 Å². The maximum Gasteiger partial charge on any atom is 0.240 e. The summed E-state index contributed by atoms with van der Waals surface area (Å²) in [6.45, 7) is 6.72. The lowest BCUT2D eigenvalue weighted by Gasteiger charge is -2.25. The highest BCUT2D eigenvalue weighted by Crippen LogP contribution is 2.45. The van der Waals surface area contributed by atoms with Crippen LogP contribution in [-0.4, -0.2) is 74.5 Å². The maximum absolute atomic E-state index is 12.5. The number of aromatic nitrogens is 4. The van der Waals surface area contributed by atoms with Gasteiger partial charge in [0.15, 0.2) is 22.8 Å². The molecule has 3 fully saturated rings. The molecule has 1 aliphatic carbocycles. The van der Waals surface area contributed by atoms with Crippen LogP contribution in [-0.2, 0) is 19.1 Å². The van der Waals surface area contributed by atoms with E-state index in [1.54, 1.807) is 6.33 Å². The number of nitrogens with two attached hydrogens (primary N) is 1. The quantitative estimate of drug-likeness (QED) is 0.237. The van der Waals surface area contributed by atoms with E-state index in [1.807, 2.05) is 73.1 Å². The molecule has 3 aliphatic rings. The van der Waals surface area contributed by atoms with Crippen LogP contribution in [0, 0.1) is 6.42 Å². The molecule has 2 aliphatic heterocycles. The molecule has 245 valence electrons. The molecule has 4 N–H and O–H groups in total. The Labute approximate surface area is 274 Å². The summed E-state index contributed by atoms with van der Waals surface area (Å²) in [5.74, 6) is -0.306. The SMILES string of the molecule is CCC(=O)N[C@H]1C[C@@H](n2cnc3c(NCC(c4ccccc4)c4ccccc4)nc(N4CC[CH][C@@H]4C(N)=O)nc32)[C@@H]2OC(C)(C)O[C@@H]21. The van der Waals surface area contributed by atoms with E-state index in [0.717, 1.165) is 0 Å². The average Bonchev–Trinajstić information content (AvgIpc) is 3.85. The average molecular weight is 638 g/mol. The zero-order valence-corrected chi connectivity index (χ0v) is 26.9. The van der Waals surface area contributed by atoms with Gasteiger partial charge in [0.25, 0.3) is 0 Å². The van der Waals surface area contributed by atoms with Crippen molar-refractivity contribution in [1.82, 2.24) is 24.8 Å². The summed E-state index contributed by atoms with van der Waals surface area (Å²) in [5.41, 5.74) is 9.34. The van der Waals surface area contributed by atoms with Gasteiger partial charge in [0.2, 0.25) is 17.8 Å². The van der Waals surface area contributed by atoms with E-state index in [0.29, 0.717) is 55.3 Å². The van der Waals surface area contributed by atoms with E-state index in [4.69, 9.17) is 30.2 Å². The normalized spacial score (nSPS) is 24.9. The second-order valence-corrected chi connectivity index (χ2v) is 12.9. The molecule has 0 unspecified atom stereocenters. The van der Waals surface area contributed by atoms with Crippen molar-refractivity contribution in [2.75, 3.05) is 23.3 Å². The second-order valence-electron chi connectivity index (χ2n) is 12.9. The second kappa shape index (κ2) is 12.6. The number of hydrogen-bond donors (Lipinski definition) is 3. The fourth-order valence-corrected chi connectivity index (χ4v) is 7.21. The Kier molecular flexibility index (Phi) is 8.31. The van der Waals surface area contributed by atoms with E-state index in [2.05, 4.69) is 34.9 Å². The summed E-state index contributed by atoms with van der Waals surface area (Å²) in [5, 5.41) is 6.75. The van der Waals surface area contributed by atoms with E-state index < -0.39 is 17.7 Å². The van der Waals surface area contributed by atoms with Crippen molar-refractivity contribution in [3.8, 4) is 0 Å². The molecule has 2 amide bonds.